The van der Waals surface area contributed by atoms with Gasteiger partial charge in [-0.05, 0) is 81.6 Å². The summed E-state index contributed by atoms with van der Waals surface area (Å²) in [5.41, 5.74) is 3.69. The largest absolute Gasteiger partial charge is 0.478 e. The Bertz CT molecular complexity index is 1960. The summed E-state index contributed by atoms with van der Waals surface area (Å²) >= 11 is 0. The fourth-order valence-electron chi connectivity index (χ4n) is 5.35. The Balaban J connectivity index is 1.32. The van der Waals surface area contributed by atoms with Gasteiger partial charge in [-0.15, -0.1) is 0 Å². The molecule has 0 saturated heterocycles. The highest BCUT2D eigenvalue weighted by Crippen LogP contribution is 2.47. The fraction of sp³-hybridized carbons (Fsp3) is 0. The summed E-state index contributed by atoms with van der Waals surface area (Å²) in [5, 5.41) is 22.1. The standard InChI is InChI=1S/C34H20O6S/c35-33(36)25-5-1-3-19(17-25)21-7-11-27-23(15-21)9-13-29-31(27)41(39)32-28-12-8-22(16-24(28)10-14-30(32)40-29)20-4-2-6-26(18-20)34(37)38/h1-18H,(H,35,36)(H,37,38). The minimum Gasteiger partial charge on any atom is -0.478 e. The predicted molar refractivity (Wildman–Crippen MR) is 157 cm³/mol. The topological polar surface area (TPSA) is 101 Å². The van der Waals surface area contributed by atoms with Crippen LogP contribution in [-0.2, 0) is 10.8 Å². The molecule has 0 spiro atoms. The Morgan fingerprint density at radius 3 is 1.41 bits per heavy atom. The van der Waals surface area contributed by atoms with Gasteiger partial charge in [0.1, 0.15) is 11.5 Å². The first-order valence-corrected chi connectivity index (χ1v) is 13.9. The number of rotatable bonds is 4. The first kappa shape index (κ1) is 24.7. The van der Waals surface area contributed by atoms with Gasteiger partial charge in [0.25, 0.3) is 0 Å². The molecule has 41 heavy (non-hydrogen) atoms. The monoisotopic (exact) mass is 556 g/mol. The van der Waals surface area contributed by atoms with E-state index in [0.717, 1.165) is 43.8 Å². The number of carboxylic acid groups (broad SMARTS) is 2. The molecule has 0 saturated carbocycles. The SMILES string of the molecule is O=C(O)c1cccc(-c2ccc3c4c(ccc3c2)Oc2ccc3cc(-c5cccc(C(=O)O)c5)ccc3c2S4=O)c1. The zero-order valence-corrected chi connectivity index (χ0v) is 22.1. The van der Waals surface area contributed by atoms with Crippen LogP contribution in [0.5, 0.6) is 11.5 Å². The molecule has 0 radical (unpaired) electrons. The van der Waals surface area contributed by atoms with Gasteiger partial charge in [0.05, 0.1) is 31.7 Å². The van der Waals surface area contributed by atoms with Crippen molar-refractivity contribution in [2.24, 2.45) is 0 Å². The zero-order valence-electron chi connectivity index (χ0n) is 21.3. The molecule has 6 aromatic rings. The molecule has 1 aliphatic rings. The number of hydrogen-bond acceptors (Lipinski definition) is 4. The lowest BCUT2D eigenvalue weighted by atomic mass is 9.99. The van der Waals surface area contributed by atoms with Crippen LogP contribution in [0.3, 0.4) is 0 Å². The third-order valence-corrected chi connectivity index (χ3v) is 8.93. The van der Waals surface area contributed by atoms with Crippen molar-refractivity contribution in [3.63, 3.8) is 0 Å². The maximum Gasteiger partial charge on any atom is 0.335 e. The van der Waals surface area contributed by atoms with Crippen molar-refractivity contribution in [3.05, 3.63) is 120 Å². The second-order valence-corrected chi connectivity index (χ2v) is 11.2. The summed E-state index contributed by atoms with van der Waals surface area (Å²) in [5.74, 6) is -0.905. The van der Waals surface area contributed by atoms with Gasteiger partial charge in [-0.2, -0.15) is 0 Å². The van der Waals surface area contributed by atoms with Crippen molar-refractivity contribution in [1.29, 1.82) is 0 Å². The summed E-state index contributed by atoms with van der Waals surface area (Å²) in [6.45, 7) is 0. The van der Waals surface area contributed by atoms with Crippen molar-refractivity contribution in [2.45, 2.75) is 9.79 Å². The van der Waals surface area contributed by atoms with E-state index in [0.29, 0.717) is 21.3 Å². The molecule has 1 heterocycles. The van der Waals surface area contributed by atoms with Gasteiger partial charge in [0.15, 0.2) is 0 Å². The summed E-state index contributed by atoms with van der Waals surface area (Å²) in [7, 11) is -1.54. The van der Waals surface area contributed by atoms with Crippen molar-refractivity contribution < 1.29 is 28.7 Å². The lowest BCUT2D eigenvalue weighted by Crippen LogP contribution is -2.07. The Kier molecular flexibility index (Phi) is 5.69. The second kappa shape index (κ2) is 9.43. The van der Waals surface area contributed by atoms with E-state index in [4.69, 9.17) is 4.74 Å². The highest BCUT2D eigenvalue weighted by Gasteiger charge is 2.28. The maximum absolute atomic E-state index is 14.2. The molecular formula is C34H20O6S. The van der Waals surface area contributed by atoms with Crippen LogP contribution in [0.2, 0.25) is 0 Å². The number of fused-ring (bicyclic) bond motifs is 6. The van der Waals surface area contributed by atoms with Gasteiger partial charge < -0.3 is 14.9 Å². The maximum atomic E-state index is 14.2. The highest BCUT2D eigenvalue weighted by molar-refractivity contribution is 7.86. The van der Waals surface area contributed by atoms with E-state index in [1.807, 2.05) is 72.8 Å². The number of hydrogen-bond donors (Lipinski definition) is 2. The van der Waals surface area contributed by atoms with Crippen LogP contribution in [-0.4, -0.2) is 26.4 Å². The Labute approximate surface area is 236 Å². The molecule has 0 unspecified atom stereocenters. The third-order valence-electron chi connectivity index (χ3n) is 7.34. The van der Waals surface area contributed by atoms with E-state index in [1.165, 1.54) is 0 Å². The fourth-order valence-corrected chi connectivity index (χ4v) is 6.91. The molecule has 1 aliphatic heterocycles. The van der Waals surface area contributed by atoms with Crippen LogP contribution in [0.4, 0.5) is 0 Å². The quantitative estimate of drug-likeness (QED) is 0.228. The van der Waals surface area contributed by atoms with E-state index in [9.17, 15) is 24.0 Å². The van der Waals surface area contributed by atoms with Gasteiger partial charge in [0.2, 0.25) is 0 Å². The normalized spacial score (nSPS) is 12.5. The number of aromatic carboxylic acids is 2. The smallest absolute Gasteiger partial charge is 0.335 e. The number of benzene rings is 6. The van der Waals surface area contributed by atoms with E-state index in [-0.39, 0.29) is 11.1 Å². The predicted octanol–water partition coefficient (Wildman–Crippen LogP) is 8.00. The van der Waals surface area contributed by atoms with Crippen molar-refractivity contribution in [1.82, 2.24) is 0 Å². The molecular weight excluding hydrogens is 536 g/mol. The first-order chi connectivity index (χ1) is 19.9. The molecule has 0 aromatic heterocycles. The highest BCUT2D eigenvalue weighted by atomic mass is 32.2. The van der Waals surface area contributed by atoms with E-state index < -0.39 is 22.7 Å². The average molecular weight is 557 g/mol. The average Bonchev–Trinajstić information content (AvgIpc) is 3.00. The lowest BCUT2D eigenvalue weighted by molar-refractivity contribution is 0.0686. The number of carbonyl (C=O) groups is 2. The van der Waals surface area contributed by atoms with Crippen LogP contribution in [0.25, 0.3) is 43.8 Å². The third kappa shape index (κ3) is 4.15. The molecule has 7 heteroatoms. The lowest BCUT2D eigenvalue weighted by Gasteiger charge is -2.23. The van der Waals surface area contributed by atoms with E-state index in [1.54, 1.807) is 36.4 Å². The van der Waals surface area contributed by atoms with E-state index in [2.05, 4.69) is 0 Å². The molecule has 0 aliphatic carbocycles. The van der Waals surface area contributed by atoms with Crippen molar-refractivity contribution in [3.8, 4) is 33.8 Å². The van der Waals surface area contributed by atoms with Crippen LogP contribution >= 0.6 is 0 Å². The van der Waals surface area contributed by atoms with Gasteiger partial charge in [-0.3, -0.25) is 0 Å². The van der Waals surface area contributed by atoms with Gasteiger partial charge in [-0.25, -0.2) is 13.8 Å². The summed E-state index contributed by atoms with van der Waals surface area (Å²) < 4.78 is 20.4. The summed E-state index contributed by atoms with van der Waals surface area (Å²) in [4.78, 5) is 24.1. The van der Waals surface area contributed by atoms with Crippen molar-refractivity contribution >= 4 is 44.3 Å². The molecule has 0 atom stereocenters. The van der Waals surface area contributed by atoms with Gasteiger partial charge in [-0.1, -0.05) is 60.7 Å². The van der Waals surface area contributed by atoms with E-state index >= 15 is 0 Å². The van der Waals surface area contributed by atoms with Crippen molar-refractivity contribution in [2.75, 3.05) is 0 Å². The summed E-state index contributed by atoms with van der Waals surface area (Å²) in [6, 6.07) is 32.5. The Morgan fingerprint density at radius 2 is 0.976 bits per heavy atom. The minimum absolute atomic E-state index is 0.212. The molecule has 6 aromatic carbocycles. The van der Waals surface area contributed by atoms with Crippen LogP contribution < -0.4 is 4.74 Å². The molecule has 198 valence electrons. The number of carboxylic acids is 2. The van der Waals surface area contributed by atoms with Gasteiger partial charge in [0, 0.05) is 10.8 Å². The van der Waals surface area contributed by atoms with Crippen LogP contribution in [0.15, 0.2) is 119 Å². The first-order valence-electron chi connectivity index (χ1n) is 12.8. The molecule has 0 fully saturated rings. The second-order valence-electron chi connectivity index (χ2n) is 9.80. The Morgan fingerprint density at radius 1 is 0.537 bits per heavy atom. The molecule has 7 rings (SSSR count). The van der Waals surface area contributed by atoms with Crippen LogP contribution in [0.1, 0.15) is 20.7 Å². The van der Waals surface area contributed by atoms with Gasteiger partial charge >= 0.3 is 11.9 Å². The molecule has 2 N–H and O–H groups in total. The summed E-state index contributed by atoms with van der Waals surface area (Å²) in [6.07, 6.45) is 0. The molecule has 0 bridgehead atoms. The van der Waals surface area contributed by atoms with Crippen LogP contribution in [0, 0.1) is 0 Å². The molecule has 0 amide bonds. The Hall–Kier alpha value is -5.27. The number of ether oxygens (including phenoxy) is 1. The minimum atomic E-state index is -1.54. The molecule has 6 nitrogen and oxygen atoms in total. The zero-order chi connectivity index (χ0) is 28.2.